The van der Waals surface area contributed by atoms with E-state index in [1.165, 1.54) is 12.1 Å². The van der Waals surface area contributed by atoms with E-state index in [9.17, 15) is 19.5 Å². The van der Waals surface area contributed by atoms with Gasteiger partial charge in [-0.15, -0.1) is 0 Å². The number of halogens is 1. The molecular formula is C22H21ClN2O5. The lowest BCUT2D eigenvalue weighted by atomic mass is 9.67. The molecule has 1 saturated heterocycles. The monoisotopic (exact) mass is 428 g/mol. The van der Waals surface area contributed by atoms with Gasteiger partial charge in [0, 0.05) is 42.5 Å². The lowest BCUT2D eigenvalue weighted by Gasteiger charge is -2.34. The highest BCUT2D eigenvalue weighted by Crippen LogP contribution is 2.47. The summed E-state index contributed by atoms with van der Waals surface area (Å²) >= 11 is 5.97. The highest BCUT2D eigenvalue weighted by molar-refractivity contribution is 6.33. The van der Waals surface area contributed by atoms with Gasteiger partial charge in [-0.2, -0.15) is 0 Å². The van der Waals surface area contributed by atoms with Gasteiger partial charge in [0.15, 0.2) is 0 Å². The molecule has 2 heterocycles. The molecule has 1 aliphatic carbocycles. The molecule has 0 amide bonds. The van der Waals surface area contributed by atoms with Crippen LogP contribution >= 0.6 is 11.6 Å². The molecule has 7 nitrogen and oxygen atoms in total. The Morgan fingerprint density at radius 2 is 1.77 bits per heavy atom. The van der Waals surface area contributed by atoms with Gasteiger partial charge < -0.3 is 9.52 Å². The summed E-state index contributed by atoms with van der Waals surface area (Å²) in [4.78, 5) is 35.9. The summed E-state index contributed by atoms with van der Waals surface area (Å²) in [5.74, 6) is -0.199. The molecule has 2 fully saturated rings. The minimum Gasteiger partial charge on any atom is -0.478 e. The van der Waals surface area contributed by atoms with Crippen LogP contribution in [0.25, 0.3) is 16.9 Å². The van der Waals surface area contributed by atoms with Gasteiger partial charge in [-0.1, -0.05) is 18.5 Å². The van der Waals surface area contributed by atoms with Crippen molar-refractivity contribution in [3.05, 3.63) is 52.3 Å². The van der Waals surface area contributed by atoms with Crippen molar-refractivity contribution in [3.8, 4) is 11.3 Å². The average Bonchev–Trinajstić information content (AvgIpc) is 3.33. The van der Waals surface area contributed by atoms with Gasteiger partial charge in [-0.3, -0.25) is 20.4 Å². The van der Waals surface area contributed by atoms with Gasteiger partial charge in [-0.05, 0) is 35.9 Å². The third-order valence-corrected chi connectivity index (χ3v) is 5.92. The van der Waals surface area contributed by atoms with E-state index in [0.29, 0.717) is 30.2 Å². The van der Waals surface area contributed by atoms with Crippen molar-refractivity contribution in [2.45, 2.75) is 26.2 Å². The maximum Gasteiger partial charge on any atom is 0.337 e. The summed E-state index contributed by atoms with van der Waals surface area (Å²) in [5, 5.41) is 9.48. The molecule has 2 aromatic rings. The summed E-state index contributed by atoms with van der Waals surface area (Å²) in [7, 11) is 0. The third-order valence-electron chi connectivity index (χ3n) is 5.59. The minimum atomic E-state index is -1.12. The van der Waals surface area contributed by atoms with Crippen LogP contribution in [0.5, 0.6) is 0 Å². The largest absolute Gasteiger partial charge is 0.478 e. The van der Waals surface area contributed by atoms with Crippen LogP contribution in [0.15, 0.2) is 40.3 Å². The van der Waals surface area contributed by atoms with E-state index in [1.807, 2.05) is 6.92 Å². The summed E-state index contributed by atoms with van der Waals surface area (Å²) in [6.45, 7) is 3.08. The van der Waals surface area contributed by atoms with Gasteiger partial charge in [0.2, 0.25) is 0 Å². The van der Waals surface area contributed by atoms with E-state index < -0.39 is 11.4 Å². The van der Waals surface area contributed by atoms with Crippen LogP contribution in [0.1, 0.15) is 42.3 Å². The molecule has 30 heavy (non-hydrogen) atoms. The lowest BCUT2D eigenvalue weighted by molar-refractivity contribution is -0.132. The summed E-state index contributed by atoms with van der Waals surface area (Å²) in [6, 6.07) is 8.25. The third kappa shape index (κ3) is 3.84. The molecule has 2 aliphatic rings. The molecule has 1 aromatic carbocycles. The number of carboxylic acid groups (broad SMARTS) is 1. The predicted molar refractivity (Wildman–Crippen MR) is 111 cm³/mol. The molecule has 1 saturated carbocycles. The second kappa shape index (κ2) is 7.83. The Kier molecular flexibility index (Phi) is 5.36. The van der Waals surface area contributed by atoms with Gasteiger partial charge in [0.25, 0.3) is 0 Å². The Balaban J connectivity index is 1.78. The van der Waals surface area contributed by atoms with Crippen LogP contribution in [0.4, 0.5) is 0 Å². The van der Waals surface area contributed by atoms with Crippen molar-refractivity contribution in [1.29, 1.82) is 0 Å². The molecule has 156 valence electrons. The van der Waals surface area contributed by atoms with E-state index >= 15 is 0 Å². The fourth-order valence-electron chi connectivity index (χ4n) is 4.40. The number of Topliss-reactive ketones (excluding diaryl/α,β-unsaturated/α-hetero) is 2. The molecule has 8 heteroatoms. The maximum absolute atomic E-state index is 12.2. The molecule has 0 bridgehead atoms. The fourth-order valence-corrected chi connectivity index (χ4v) is 4.60. The Morgan fingerprint density at radius 3 is 2.40 bits per heavy atom. The predicted octanol–water partition coefficient (Wildman–Crippen LogP) is 3.49. The van der Waals surface area contributed by atoms with Crippen LogP contribution in [-0.4, -0.2) is 35.7 Å². The molecular weight excluding hydrogens is 408 g/mol. The number of carbonyl (C=O) groups is 3. The average molecular weight is 429 g/mol. The molecule has 1 aliphatic heterocycles. The number of ketones is 2. The Hall–Kier alpha value is -2.74. The molecule has 0 atom stereocenters. The van der Waals surface area contributed by atoms with Crippen LogP contribution in [-0.2, 0) is 9.59 Å². The quantitative estimate of drug-likeness (QED) is 0.639. The summed E-state index contributed by atoms with van der Waals surface area (Å²) < 4.78 is 6.14. The second-order valence-electron chi connectivity index (χ2n) is 8.02. The highest BCUT2D eigenvalue weighted by Gasteiger charge is 2.42. The number of hydrogen-bond donors (Lipinski definition) is 3. The first-order chi connectivity index (χ1) is 14.3. The molecule has 4 rings (SSSR count). The molecule has 3 N–H and O–H groups in total. The van der Waals surface area contributed by atoms with Crippen molar-refractivity contribution in [3.63, 3.8) is 0 Å². The number of rotatable bonds is 4. The summed E-state index contributed by atoms with van der Waals surface area (Å²) in [5.41, 5.74) is 7.93. The van der Waals surface area contributed by atoms with Crippen molar-refractivity contribution in [2.75, 3.05) is 13.1 Å². The maximum atomic E-state index is 12.2. The van der Waals surface area contributed by atoms with Crippen molar-refractivity contribution in [1.82, 2.24) is 10.9 Å². The first kappa shape index (κ1) is 20.5. The number of nitrogens with one attached hydrogen (secondary N) is 2. The van der Waals surface area contributed by atoms with Crippen molar-refractivity contribution < 1.29 is 23.9 Å². The zero-order valence-corrected chi connectivity index (χ0v) is 17.1. The summed E-state index contributed by atoms with van der Waals surface area (Å²) in [6.07, 6.45) is 0.538. The van der Waals surface area contributed by atoms with Gasteiger partial charge in [0.05, 0.1) is 17.0 Å². The molecule has 0 unspecified atom stereocenters. The zero-order valence-electron chi connectivity index (χ0n) is 16.4. The Morgan fingerprint density at radius 1 is 1.10 bits per heavy atom. The van der Waals surface area contributed by atoms with Gasteiger partial charge in [-0.25, -0.2) is 4.79 Å². The number of allylic oxidation sites excluding steroid dienone is 1. The van der Waals surface area contributed by atoms with Crippen LogP contribution in [0.3, 0.4) is 0 Å². The van der Waals surface area contributed by atoms with E-state index in [2.05, 4.69) is 10.9 Å². The van der Waals surface area contributed by atoms with E-state index in [-0.39, 0.29) is 41.4 Å². The van der Waals surface area contributed by atoms with Gasteiger partial charge >= 0.3 is 5.97 Å². The zero-order chi connectivity index (χ0) is 21.5. The fraction of sp³-hybridized carbons (Fsp3) is 0.318. The molecule has 0 spiro atoms. The van der Waals surface area contributed by atoms with Crippen molar-refractivity contribution >= 4 is 34.7 Å². The van der Waals surface area contributed by atoms with Crippen molar-refractivity contribution in [2.24, 2.45) is 5.41 Å². The van der Waals surface area contributed by atoms with E-state index in [0.717, 1.165) is 11.1 Å². The van der Waals surface area contributed by atoms with Gasteiger partial charge in [0.1, 0.15) is 23.1 Å². The smallest absolute Gasteiger partial charge is 0.337 e. The minimum absolute atomic E-state index is 0.00896. The molecule has 1 aromatic heterocycles. The molecule has 0 radical (unpaired) electrons. The van der Waals surface area contributed by atoms with Crippen LogP contribution in [0, 0.1) is 5.41 Å². The normalized spacial score (nSPS) is 18.7. The first-order valence-electron chi connectivity index (χ1n) is 9.62. The number of carboxylic acids is 1. The van der Waals surface area contributed by atoms with Crippen LogP contribution in [0.2, 0.25) is 5.02 Å². The Bertz CT molecular complexity index is 1060. The Labute approximate surface area is 178 Å². The lowest BCUT2D eigenvalue weighted by Crippen LogP contribution is -2.33. The number of carbonyl (C=O) groups excluding carboxylic acids is 2. The first-order valence-corrected chi connectivity index (χ1v) is 10.00. The van der Waals surface area contributed by atoms with E-state index in [4.69, 9.17) is 16.0 Å². The standard InChI is InChI=1S/C22H21ClN2O5/c1-22(8-14(26)7-15(27)9-22)20(13-10-24-25-11-13)19-5-4-18(30-19)12-2-3-17(23)16(6-12)21(28)29/h2-6,24-25H,7-11H2,1H3,(H,28,29). The number of benzene rings is 1. The number of furan rings is 1. The highest BCUT2D eigenvalue weighted by atomic mass is 35.5. The van der Waals surface area contributed by atoms with Crippen LogP contribution < -0.4 is 10.9 Å². The SMILES string of the molecule is CC1(C(=C2CNNC2)c2ccc(-c3ccc(Cl)c(C(=O)O)c3)o2)CC(=O)CC(=O)C1. The second-order valence-corrected chi connectivity index (χ2v) is 8.42. The number of aromatic carboxylic acids is 1. The number of hydrogen-bond acceptors (Lipinski definition) is 6. The van der Waals surface area contributed by atoms with E-state index in [1.54, 1.807) is 18.2 Å². The number of hydrazine groups is 1. The topological polar surface area (TPSA) is 109 Å².